The zero-order valence-electron chi connectivity index (χ0n) is 12.2. The van der Waals surface area contributed by atoms with Gasteiger partial charge in [-0.15, -0.1) is 0 Å². The number of carbonyl (C=O) groups excluding carboxylic acids is 2. The van der Waals surface area contributed by atoms with Gasteiger partial charge in [0.25, 0.3) is 0 Å². The fourth-order valence-corrected chi connectivity index (χ4v) is 2.69. The van der Waals surface area contributed by atoms with Crippen molar-refractivity contribution in [3.8, 4) is 5.75 Å². The molecule has 0 saturated carbocycles. The third-order valence-electron chi connectivity index (χ3n) is 3.88. The van der Waals surface area contributed by atoms with Crippen molar-refractivity contribution in [2.45, 2.75) is 18.6 Å². The normalized spacial score (nSPS) is 24.1. The maximum absolute atomic E-state index is 12.3. The minimum Gasteiger partial charge on any atom is -0.491 e. The molecular formula is C15H19N3O4. The molecule has 2 aliphatic rings. The molecule has 1 fully saturated rings. The molecule has 0 aliphatic carbocycles. The lowest BCUT2D eigenvalue weighted by atomic mass is 10.0. The van der Waals surface area contributed by atoms with E-state index in [1.54, 1.807) is 4.90 Å². The van der Waals surface area contributed by atoms with E-state index in [-0.39, 0.29) is 18.6 Å². The summed E-state index contributed by atoms with van der Waals surface area (Å²) in [5.41, 5.74) is 6.30. The van der Waals surface area contributed by atoms with E-state index in [2.05, 4.69) is 5.32 Å². The average Bonchev–Trinajstić information content (AvgIpc) is 2.55. The van der Waals surface area contributed by atoms with E-state index >= 15 is 0 Å². The van der Waals surface area contributed by atoms with Crippen molar-refractivity contribution in [1.82, 2.24) is 10.2 Å². The molecule has 7 heteroatoms. The molecule has 22 heavy (non-hydrogen) atoms. The van der Waals surface area contributed by atoms with Gasteiger partial charge < -0.3 is 25.4 Å². The van der Waals surface area contributed by atoms with Crippen LogP contribution in [0.15, 0.2) is 24.3 Å². The van der Waals surface area contributed by atoms with Gasteiger partial charge in [-0.1, -0.05) is 18.2 Å². The molecule has 1 aromatic carbocycles. The van der Waals surface area contributed by atoms with Crippen molar-refractivity contribution in [2.75, 3.05) is 26.3 Å². The number of fused-ring (bicyclic) bond motifs is 1. The van der Waals surface area contributed by atoms with E-state index in [0.717, 1.165) is 17.7 Å². The number of amides is 3. The van der Waals surface area contributed by atoms with E-state index in [9.17, 15) is 9.59 Å². The van der Waals surface area contributed by atoms with Crippen LogP contribution in [0.5, 0.6) is 5.75 Å². The molecule has 3 amide bonds. The van der Waals surface area contributed by atoms with E-state index in [0.29, 0.717) is 19.8 Å². The number of ether oxygens (including phenoxy) is 2. The predicted octanol–water partition coefficient (Wildman–Crippen LogP) is -0.114. The smallest absolute Gasteiger partial charge is 0.317 e. The monoisotopic (exact) mass is 305 g/mol. The summed E-state index contributed by atoms with van der Waals surface area (Å²) in [6, 6.07) is 7.49. The number of morpholine rings is 1. The molecule has 1 aromatic rings. The van der Waals surface area contributed by atoms with Crippen molar-refractivity contribution in [1.29, 1.82) is 0 Å². The Kier molecular flexibility index (Phi) is 4.15. The van der Waals surface area contributed by atoms with Crippen LogP contribution < -0.4 is 15.8 Å². The van der Waals surface area contributed by atoms with E-state index < -0.39 is 12.0 Å². The number of urea groups is 1. The Balaban J connectivity index is 1.57. The summed E-state index contributed by atoms with van der Waals surface area (Å²) >= 11 is 0. The molecule has 0 radical (unpaired) electrons. The zero-order valence-corrected chi connectivity index (χ0v) is 12.2. The first-order chi connectivity index (χ1) is 10.6. The lowest BCUT2D eigenvalue weighted by Gasteiger charge is -2.33. The summed E-state index contributed by atoms with van der Waals surface area (Å²) in [7, 11) is 0. The van der Waals surface area contributed by atoms with Gasteiger partial charge >= 0.3 is 6.03 Å². The second-order valence-corrected chi connectivity index (χ2v) is 5.48. The summed E-state index contributed by atoms with van der Waals surface area (Å²) in [6.07, 6.45) is -0.00581. The standard InChI is InChI=1S/C15H19N3O4/c16-14(19)13-8-18(5-6-21-13)15(20)17-11-7-10-3-1-2-4-12(10)22-9-11/h1-4,11,13H,5-9H2,(H2,16,19)(H,17,20). The Morgan fingerprint density at radius 1 is 1.32 bits per heavy atom. The lowest BCUT2D eigenvalue weighted by molar-refractivity contribution is -0.133. The Hall–Kier alpha value is -2.28. The third kappa shape index (κ3) is 3.14. The molecular weight excluding hydrogens is 286 g/mol. The lowest BCUT2D eigenvalue weighted by Crippen LogP contribution is -2.55. The highest BCUT2D eigenvalue weighted by Gasteiger charge is 2.29. The van der Waals surface area contributed by atoms with Crippen molar-refractivity contribution in [3.05, 3.63) is 29.8 Å². The van der Waals surface area contributed by atoms with E-state index in [4.69, 9.17) is 15.2 Å². The van der Waals surface area contributed by atoms with Gasteiger partial charge in [0, 0.05) is 6.54 Å². The molecule has 2 unspecified atom stereocenters. The fraction of sp³-hybridized carbons (Fsp3) is 0.467. The number of rotatable bonds is 2. The first-order valence-electron chi connectivity index (χ1n) is 7.30. The first-order valence-corrected chi connectivity index (χ1v) is 7.30. The van der Waals surface area contributed by atoms with Gasteiger partial charge in [0.05, 0.1) is 19.2 Å². The van der Waals surface area contributed by atoms with Crippen molar-refractivity contribution in [2.24, 2.45) is 5.73 Å². The molecule has 2 atom stereocenters. The maximum Gasteiger partial charge on any atom is 0.317 e. The Bertz CT molecular complexity index is 578. The highest BCUT2D eigenvalue weighted by atomic mass is 16.5. The van der Waals surface area contributed by atoms with Gasteiger partial charge in [0.15, 0.2) is 6.10 Å². The average molecular weight is 305 g/mol. The van der Waals surface area contributed by atoms with E-state index in [1.165, 1.54) is 0 Å². The molecule has 0 aromatic heterocycles. The molecule has 0 bridgehead atoms. The SMILES string of the molecule is NC(=O)C1CN(C(=O)NC2COc3ccccc3C2)CCO1. The van der Waals surface area contributed by atoms with Crippen LogP contribution in [0.2, 0.25) is 0 Å². The Morgan fingerprint density at radius 3 is 2.95 bits per heavy atom. The largest absolute Gasteiger partial charge is 0.491 e. The first kappa shape index (κ1) is 14.6. The van der Waals surface area contributed by atoms with Crippen LogP contribution in [0.4, 0.5) is 4.79 Å². The Labute approximate surface area is 128 Å². The molecule has 0 spiro atoms. The zero-order chi connectivity index (χ0) is 15.5. The maximum atomic E-state index is 12.3. The van der Waals surface area contributed by atoms with Gasteiger partial charge in [0.1, 0.15) is 12.4 Å². The second kappa shape index (κ2) is 6.23. The molecule has 7 nitrogen and oxygen atoms in total. The van der Waals surface area contributed by atoms with Gasteiger partial charge in [-0.25, -0.2) is 4.79 Å². The molecule has 2 heterocycles. The Morgan fingerprint density at radius 2 is 2.14 bits per heavy atom. The van der Waals surface area contributed by atoms with Gasteiger partial charge in [0.2, 0.25) is 5.91 Å². The topological polar surface area (TPSA) is 93.9 Å². The molecule has 2 aliphatic heterocycles. The summed E-state index contributed by atoms with van der Waals surface area (Å²) in [4.78, 5) is 25.0. The van der Waals surface area contributed by atoms with Gasteiger partial charge in [-0.3, -0.25) is 4.79 Å². The highest BCUT2D eigenvalue weighted by Crippen LogP contribution is 2.24. The summed E-state index contributed by atoms with van der Waals surface area (Å²) in [5, 5.41) is 2.94. The number of carbonyl (C=O) groups is 2. The number of hydrogen-bond donors (Lipinski definition) is 2. The number of primary amides is 1. The van der Waals surface area contributed by atoms with Crippen molar-refractivity contribution >= 4 is 11.9 Å². The van der Waals surface area contributed by atoms with Crippen LogP contribution in [0.25, 0.3) is 0 Å². The van der Waals surface area contributed by atoms with Crippen LogP contribution in [-0.4, -0.2) is 55.3 Å². The van der Waals surface area contributed by atoms with E-state index in [1.807, 2.05) is 24.3 Å². The van der Waals surface area contributed by atoms with Crippen LogP contribution in [-0.2, 0) is 16.0 Å². The molecule has 3 rings (SSSR count). The number of nitrogens with zero attached hydrogens (tertiary/aromatic N) is 1. The summed E-state index contributed by atoms with van der Waals surface area (Å²) in [6.45, 7) is 1.38. The van der Waals surface area contributed by atoms with Crippen molar-refractivity contribution < 1.29 is 19.1 Å². The number of nitrogens with one attached hydrogen (secondary N) is 1. The quantitative estimate of drug-likeness (QED) is 0.797. The third-order valence-corrected chi connectivity index (χ3v) is 3.88. The van der Waals surface area contributed by atoms with Gasteiger partial charge in [-0.2, -0.15) is 0 Å². The highest BCUT2D eigenvalue weighted by molar-refractivity contribution is 5.81. The van der Waals surface area contributed by atoms with Crippen LogP contribution in [0, 0.1) is 0 Å². The minimum absolute atomic E-state index is 0.0859. The number of para-hydroxylation sites is 1. The number of benzene rings is 1. The second-order valence-electron chi connectivity index (χ2n) is 5.48. The summed E-state index contributed by atoms with van der Waals surface area (Å²) in [5.74, 6) is 0.320. The predicted molar refractivity (Wildman–Crippen MR) is 78.5 cm³/mol. The minimum atomic E-state index is -0.733. The fourth-order valence-electron chi connectivity index (χ4n) is 2.69. The van der Waals surface area contributed by atoms with Crippen LogP contribution in [0.1, 0.15) is 5.56 Å². The molecule has 3 N–H and O–H groups in total. The van der Waals surface area contributed by atoms with Crippen LogP contribution >= 0.6 is 0 Å². The number of nitrogens with two attached hydrogens (primary N) is 1. The number of hydrogen-bond acceptors (Lipinski definition) is 4. The summed E-state index contributed by atoms with van der Waals surface area (Å²) < 4.78 is 10.9. The van der Waals surface area contributed by atoms with Crippen LogP contribution in [0.3, 0.4) is 0 Å². The molecule has 1 saturated heterocycles. The van der Waals surface area contributed by atoms with Crippen molar-refractivity contribution in [3.63, 3.8) is 0 Å². The van der Waals surface area contributed by atoms with Gasteiger partial charge in [-0.05, 0) is 18.1 Å². The molecule has 118 valence electrons.